The van der Waals surface area contributed by atoms with E-state index in [4.69, 9.17) is 10.7 Å². The Hall–Kier alpha value is -2.04. The molecule has 2 aromatic rings. The van der Waals surface area contributed by atoms with E-state index in [1.165, 1.54) is 16.8 Å². The molecular weight excluding hydrogens is 356 g/mol. The van der Waals surface area contributed by atoms with Gasteiger partial charge in [0.15, 0.2) is 0 Å². The molecule has 0 radical (unpaired) electrons. The van der Waals surface area contributed by atoms with Crippen molar-refractivity contribution in [3.05, 3.63) is 59.7 Å². The van der Waals surface area contributed by atoms with E-state index in [9.17, 15) is 0 Å². The number of fused-ring (bicyclic) bond motifs is 4. The van der Waals surface area contributed by atoms with E-state index in [0.29, 0.717) is 19.0 Å². The number of aliphatic imine (C=N–C) groups is 1. The van der Waals surface area contributed by atoms with E-state index in [2.05, 4.69) is 79.6 Å². The van der Waals surface area contributed by atoms with Crippen LogP contribution in [0.25, 0.3) is 0 Å². The third kappa shape index (κ3) is 3.11. The fraction of sp³-hybridized carbons (Fsp3) is 0.409. The van der Waals surface area contributed by atoms with Crippen molar-refractivity contribution >= 4 is 29.6 Å². The molecule has 0 saturated heterocycles. The van der Waals surface area contributed by atoms with E-state index in [-0.39, 0.29) is 23.9 Å². The molecule has 0 fully saturated rings. The van der Waals surface area contributed by atoms with Gasteiger partial charge in [0.2, 0.25) is 0 Å². The van der Waals surface area contributed by atoms with Crippen LogP contribution in [0.5, 0.6) is 0 Å². The molecule has 0 bridgehead atoms. The van der Waals surface area contributed by atoms with E-state index < -0.39 is 0 Å². The zero-order chi connectivity index (χ0) is 18.3. The van der Waals surface area contributed by atoms with E-state index >= 15 is 0 Å². The largest absolute Gasteiger partial charge is 0.366 e. The molecule has 5 heteroatoms. The van der Waals surface area contributed by atoms with Gasteiger partial charge in [0, 0.05) is 25.0 Å². The van der Waals surface area contributed by atoms with Gasteiger partial charge in [-0.1, -0.05) is 50.2 Å². The van der Waals surface area contributed by atoms with Gasteiger partial charge in [0.1, 0.15) is 5.84 Å². The Morgan fingerprint density at radius 2 is 1.81 bits per heavy atom. The highest BCUT2D eigenvalue weighted by atomic mass is 35.5. The van der Waals surface area contributed by atoms with Crippen molar-refractivity contribution in [2.24, 2.45) is 16.1 Å². The van der Waals surface area contributed by atoms with Crippen molar-refractivity contribution in [3.8, 4) is 0 Å². The number of rotatable bonds is 2. The van der Waals surface area contributed by atoms with Gasteiger partial charge in [-0.3, -0.25) is 4.99 Å². The molecule has 3 N–H and O–H groups in total. The quantitative estimate of drug-likeness (QED) is 0.796. The standard InChI is InChI=1S/C22H28N4.ClH/c1-15-14-22(2)20(26(3)19-11-7-5-8-16(15)19)17-9-4-6-10-18(17)25-21(22)24-13-12-23;/h4-11,15,20H,12-14,23H2,1-3H3,(H,24,25);1H/t15?,20-,22-;/m0./s1. The van der Waals surface area contributed by atoms with E-state index in [1.807, 2.05) is 0 Å². The van der Waals surface area contributed by atoms with Gasteiger partial charge in [0.05, 0.1) is 18.0 Å². The van der Waals surface area contributed by atoms with Crippen LogP contribution in [0.4, 0.5) is 11.4 Å². The second kappa shape index (κ2) is 7.53. The Balaban J connectivity index is 0.00000210. The molecule has 2 aliphatic rings. The number of nitrogens with zero attached hydrogens (tertiary/aromatic N) is 2. The number of benzene rings is 2. The fourth-order valence-corrected chi connectivity index (χ4v) is 4.94. The highest BCUT2D eigenvalue weighted by Crippen LogP contribution is 2.55. The Labute approximate surface area is 168 Å². The molecule has 4 nitrogen and oxygen atoms in total. The Bertz CT molecular complexity index is 850. The molecule has 2 aromatic carbocycles. The summed E-state index contributed by atoms with van der Waals surface area (Å²) in [6, 6.07) is 17.7. The zero-order valence-corrected chi connectivity index (χ0v) is 17.1. The highest BCUT2D eigenvalue weighted by Gasteiger charge is 2.49. The second-order valence-electron chi connectivity index (χ2n) is 7.83. The molecule has 2 aliphatic heterocycles. The van der Waals surface area contributed by atoms with Gasteiger partial charge in [-0.15, -0.1) is 12.4 Å². The first-order valence-electron chi connectivity index (χ1n) is 9.49. The summed E-state index contributed by atoms with van der Waals surface area (Å²) in [4.78, 5) is 7.34. The number of nitrogens with two attached hydrogens (primary N) is 1. The minimum atomic E-state index is -0.100. The third-order valence-corrected chi connectivity index (χ3v) is 6.02. The summed E-state index contributed by atoms with van der Waals surface area (Å²) in [6.07, 6.45) is 1.05. The molecule has 4 rings (SSSR count). The number of nitrogens with one attached hydrogen (secondary N) is 1. The van der Waals surface area contributed by atoms with Crippen LogP contribution < -0.4 is 16.0 Å². The van der Waals surface area contributed by atoms with Gasteiger partial charge >= 0.3 is 0 Å². The zero-order valence-electron chi connectivity index (χ0n) is 16.3. The summed E-state index contributed by atoms with van der Waals surface area (Å²) in [7, 11) is 2.22. The van der Waals surface area contributed by atoms with Crippen molar-refractivity contribution < 1.29 is 0 Å². The first-order valence-corrected chi connectivity index (χ1v) is 9.49. The van der Waals surface area contributed by atoms with Crippen LogP contribution in [-0.4, -0.2) is 26.0 Å². The van der Waals surface area contributed by atoms with Crippen LogP contribution in [0.15, 0.2) is 53.5 Å². The van der Waals surface area contributed by atoms with Crippen molar-refractivity contribution in [2.45, 2.75) is 32.2 Å². The number of hydrogen-bond acceptors (Lipinski definition) is 3. The summed E-state index contributed by atoms with van der Waals surface area (Å²) < 4.78 is 0. The lowest BCUT2D eigenvalue weighted by Gasteiger charge is -2.47. The molecular formula is C22H29ClN4. The lowest BCUT2D eigenvalue weighted by Crippen LogP contribution is -2.49. The minimum absolute atomic E-state index is 0. The highest BCUT2D eigenvalue weighted by molar-refractivity contribution is 6.04. The van der Waals surface area contributed by atoms with Gasteiger partial charge in [0.25, 0.3) is 0 Å². The van der Waals surface area contributed by atoms with Crippen LogP contribution in [0, 0.1) is 5.41 Å². The van der Waals surface area contributed by atoms with Crippen LogP contribution in [0.2, 0.25) is 0 Å². The first kappa shape index (κ1) is 19.7. The van der Waals surface area contributed by atoms with Crippen molar-refractivity contribution in [1.29, 1.82) is 0 Å². The molecule has 144 valence electrons. The lowest BCUT2D eigenvalue weighted by atomic mass is 9.69. The molecule has 27 heavy (non-hydrogen) atoms. The van der Waals surface area contributed by atoms with Crippen molar-refractivity contribution in [3.63, 3.8) is 0 Å². The fourth-order valence-electron chi connectivity index (χ4n) is 4.94. The minimum Gasteiger partial charge on any atom is -0.366 e. The van der Waals surface area contributed by atoms with Gasteiger partial charge < -0.3 is 16.0 Å². The molecule has 0 aliphatic carbocycles. The second-order valence-corrected chi connectivity index (χ2v) is 7.83. The maximum atomic E-state index is 5.76. The monoisotopic (exact) mass is 384 g/mol. The van der Waals surface area contributed by atoms with Gasteiger partial charge in [-0.2, -0.15) is 0 Å². The Kier molecular flexibility index (Phi) is 5.50. The molecule has 0 spiro atoms. The van der Waals surface area contributed by atoms with Crippen molar-refractivity contribution in [1.82, 2.24) is 0 Å². The average molecular weight is 385 g/mol. The van der Waals surface area contributed by atoms with E-state index in [1.54, 1.807) is 0 Å². The maximum absolute atomic E-state index is 5.76. The van der Waals surface area contributed by atoms with Crippen LogP contribution in [0.3, 0.4) is 0 Å². The Morgan fingerprint density at radius 3 is 2.56 bits per heavy atom. The Morgan fingerprint density at radius 1 is 1.15 bits per heavy atom. The number of para-hydroxylation sites is 2. The topological polar surface area (TPSA) is 53.6 Å². The van der Waals surface area contributed by atoms with Crippen LogP contribution in [-0.2, 0) is 0 Å². The molecule has 0 amide bonds. The van der Waals surface area contributed by atoms with Crippen molar-refractivity contribution in [2.75, 3.05) is 30.4 Å². The first-order chi connectivity index (χ1) is 12.6. The van der Waals surface area contributed by atoms with Crippen LogP contribution >= 0.6 is 12.4 Å². The summed E-state index contributed by atoms with van der Waals surface area (Å²) in [5, 5.41) is 3.63. The summed E-state index contributed by atoms with van der Waals surface area (Å²) in [5.41, 5.74) is 10.9. The summed E-state index contributed by atoms with van der Waals surface area (Å²) in [5.74, 6) is 1.52. The predicted molar refractivity (Wildman–Crippen MR) is 117 cm³/mol. The third-order valence-electron chi connectivity index (χ3n) is 6.02. The number of anilines is 2. The molecule has 3 atom stereocenters. The van der Waals surface area contributed by atoms with Crippen LogP contribution in [0.1, 0.15) is 43.4 Å². The smallest absolute Gasteiger partial charge is 0.109 e. The molecule has 0 aromatic heterocycles. The molecule has 2 heterocycles. The van der Waals surface area contributed by atoms with Gasteiger partial charge in [-0.25, -0.2) is 0 Å². The SMILES string of the molecule is CC1C[C@]2(C)C(=NCCN)Nc3ccccc3[C@@H]2N(C)c2ccccc21.Cl. The van der Waals surface area contributed by atoms with E-state index in [0.717, 1.165) is 17.9 Å². The molecule has 0 saturated carbocycles. The normalized spacial score (nSPS) is 27.6. The lowest BCUT2D eigenvalue weighted by molar-refractivity contribution is 0.321. The predicted octanol–water partition coefficient (Wildman–Crippen LogP) is 4.58. The van der Waals surface area contributed by atoms with Gasteiger partial charge in [-0.05, 0) is 35.6 Å². The number of amidine groups is 1. The summed E-state index contributed by atoms with van der Waals surface area (Å²) in [6.45, 7) is 5.91. The molecule has 1 unspecified atom stereocenters. The summed E-state index contributed by atoms with van der Waals surface area (Å²) >= 11 is 0. The number of halogens is 1. The maximum Gasteiger partial charge on any atom is 0.109 e. The average Bonchev–Trinajstić information content (AvgIpc) is 2.73. The number of hydrogen-bond donors (Lipinski definition) is 2.